The summed E-state index contributed by atoms with van der Waals surface area (Å²) in [5.74, 6) is -0.854. The van der Waals surface area contributed by atoms with E-state index < -0.39 is 26.4 Å². The zero-order chi connectivity index (χ0) is 27.6. The molecule has 0 bridgehead atoms. The van der Waals surface area contributed by atoms with Crippen LogP contribution in [0.4, 0.5) is 8.78 Å². The molecule has 4 aromatic rings. The van der Waals surface area contributed by atoms with Gasteiger partial charge in [0.05, 0.1) is 6.61 Å². The van der Waals surface area contributed by atoms with Gasteiger partial charge in [-0.15, -0.1) is 12.4 Å². The molecule has 0 radical (unpaired) electrons. The van der Waals surface area contributed by atoms with Crippen LogP contribution in [-0.2, 0) is 9.84 Å². The number of hydrogen-bond donors (Lipinski definition) is 2. The average Bonchev–Trinajstić information content (AvgIpc) is 2.89. The van der Waals surface area contributed by atoms with E-state index in [2.05, 4.69) is 5.32 Å². The van der Waals surface area contributed by atoms with E-state index in [1.807, 2.05) is 0 Å². The van der Waals surface area contributed by atoms with Gasteiger partial charge in [-0.3, -0.25) is 0 Å². The molecule has 1 aliphatic heterocycles. The van der Waals surface area contributed by atoms with Gasteiger partial charge >= 0.3 is 0 Å². The lowest BCUT2D eigenvalue weighted by atomic mass is 9.99. The van der Waals surface area contributed by atoms with Crippen LogP contribution < -0.4 is 14.8 Å². The van der Waals surface area contributed by atoms with Gasteiger partial charge in [-0.1, -0.05) is 12.5 Å². The minimum atomic E-state index is -4.10. The van der Waals surface area contributed by atoms with E-state index in [9.17, 15) is 22.3 Å². The molecule has 0 spiro atoms. The molecule has 4 aromatic carbocycles. The van der Waals surface area contributed by atoms with Crippen LogP contribution in [0.15, 0.2) is 71.6 Å². The predicted molar refractivity (Wildman–Crippen MR) is 154 cm³/mol. The summed E-state index contributed by atoms with van der Waals surface area (Å²) < 4.78 is 65.4. The van der Waals surface area contributed by atoms with Crippen molar-refractivity contribution in [3.8, 4) is 34.1 Å². The molecule has 1 atom stereocenters. The second-order valence-corrected chi connectivity index (χ2v) is 11.7. The van der Waals surface area contributed by atoms with Gasteiger partial charge in [0.25, 0.3) is 0 Å². The lowest BCUT2D eigenvalue weighted by molar-refractivity contribution is 0.268. The van der Waals surface area contributed by atoms with E-state index in [0.29, 0.717) is 46.2 Å². The van der Waals surface area contributed by atoms with Crippen molar-refractivity contribution in [2.45, 2.75) is 36.6 Å². The van der Waals surface area contributed by atoms with Crippen molar-refractivity contribution in [3.63, 3.8) is 0 Å². The fraction of sp³-hybridized carbons (Fsp3) is 0.267. The summed E-state index contributed by atoms with van der Waals surface area (Å²) in [7, 11) is -4.10. The molecule has 1 fully saturated rings. The number of sulfone groups is 1. The Balaban J connectivity index is 0.00000370. The summed E-state index contributed by atoms with van der Waals surface area (Å²) in [5, 5.41) is 14.7. The largest absolute Gasteiger partial charge is 0.508 e. The molecule has 212 valence electrons. The van der Waals surface area contributed by atoms with Crippen LogP contribution in [0, 0.1) is 11.6 Å². The number of nitrogens with one attached hydrogen (secondary N) is 1. The molecule has 0 amide bonds. The Morgan fingerprint density at radius 2 is 1.65 bits per heavy atom. The first-order valence-corrected chi connectivity index (χ1v) is 14.7. The zero-order valence-corrected chi connectivity index (χ0v) is 23.5. The maximum absolute atomic E-state index is 14.8. The molecule has 0 aliphatic carbocycles. The summed E-state index contributed by atoms with van der Waals surface area (Å²) in [4.78, 5) is -0.978. The van der Waals surface area contributed by atoms with Crippen molar-refractivity contribution in [1.29, 1.82) is 0 Å². The Morgan fingerprint density at radius 1 is 0.950 bits per heavy atom. The van der Waals surface area contributed by atoms with Crippen LogP contribution in [0.25, 0.3) is 21.9 Å². The van der Waals surface area contributed by atoms with E-state index in [1.165, 1.54) is 18.9 Å². The van der Waals surface area contributed by atoms with Crippen LogP contribution in [0.5, 0.6) is 23.0 Å². The van der Waals surface area contributed by atoms with E-state index in [0.717, 1.165) is 37.8 Å². The Labute approximate surface area is 238 Å². The maximum atomic E-state index is 14.8. The summed E-state index contributed by atoms with van der Waals surface area (Å²) in [5.41, 5.74) is 0.463. The summed E-state index contributed by atoms with van der Waals surface area (Å²) >= 11 is 0. The Bertz CT molecular complexity index is 1580. The van der Waals surface area contributed by atoms with Crippen molar-refractivity contribution in [2.75, 3.05) is 19.4 Å². The minimum Gasteiger partial charge on any atom is -0.508 e. The number of halogens is 3. The van der Waals surface area contributed by atoms with Crippen molar-refractivity contribution in [1.82, 2.24) is 5.32 Å². The topological polar surface area (TPSA) is 84.9 Å². The third-order valence-corrected chi connectivity index (χ3v) is 7.96. The second kappa shape index (κ2) is 12.4. The highest BCUT2D eigenvalue weighted by Crippen LogP contribution is 2.41. The third-order valence-electron chi connectivity index (χ3n) is 6.83. The van der Waals surface area contributed by atoms with Gasteiger partial charge in [-0.2, -0.15) is 0 Å². The number of rotatable bonds is 8. The second-order valence-electron chi connectivity index (χ2n) is 9.75. The lowest BCUT2D eigenvalue weighted by Gasteiger charge is -2.23. The van der Waals surface area contributed by atoms with Crippen LogP contribution >= 0.6 is 12.4 Å². The van der Waals surface area contributed by atoms with Crippen LogP contribution in [0.3, 0.4) is 0 Å². The molecule has 10 heteroatoms. The highest BCUT2D eigenvalue weighted by molar-refractivity contribution is 7.90. The summed E-state index contributed by atoms with van der Waals surface area (Å²) in [6.45, 7) is 1.64. The third kappa shape index (κ3) is 6.66. The monoisotopic (exact) mass is 589 g/mol. The Kier molecular flexibility index (Phi) is 9.18. The lowest BCUT2D eigenvalue weighted by Crippen LogP contribution is -2.35. The van der Waals surface area contributed by atoms with Gasteiger partial charge < -0.3 is 19.9 Å². The number of phenolic OH excluding ortho intramolecular Hbond substituents is 1. The molecule has 1 aliphatic rings. The molecule has 1 saturated heterocycles. The van der Waals surface area contributed by atoms with Gasteiger partial charge in [-0.05, 0) is 97.4 Å². The van der Waals surface area contributed by atoms with Crippen molar-refractivity contribution >= 4 is 33.0 Å². The number of phenols is 1. The first-order chi connectivity index (χ1) is 18.7. The molecule has 1 heterocycles. The molecule has 0 saturated carbocycles. The van der Waals surface area contributed by atoms with Gasteiger partial charge in [-0.25, -0.2) is 17.2 Å². The quantitative estimate of drug-likeness (QED) is 0.230. The molecular formula is C30H30ClF2NO5S. The fourth-order valence-electron chi connectivity index (χ4n) is 4.91. The number of piperidine rings is 1. The minimum absolute atomic E-state index is 0. The zero-order valence-electron chi connectivity index (χ0n) is 21.8. The highest BCUT2D eigenvalue weighted by atomic mass is 35.5. The molecular weight excluding hydrogens is 560 g/mol. The molecule has 0 aromatic heterocycles. The van der Waals surface area contributed by atoms with E-state index in [1.54, 1.807) is 48.5 Å². The SMILES string of the molecule is CS(=O)(=O)c1c(F)cc(-c2ccc3cc(O)ccc3c2Oc2ccc(OCCC3CCCCN3)cc2)cc1F.Cl. The molecule has 2 N–H and O–H groups in total. The smallest absolute Gasteiger partial charge is 0.181 e. The number of ether oxygens (including phenoxy) is 2. The normalized spacial score (nSPS) is 15.4. The highest BCUT2D eigenvalue weighted by Gasteiger charge is 2.23. The molecule has 1 unspecified atom stereocenters. The van der Waals surface area contributed by atoms with E-state index in [4.69, 9.17) is 9.47 Å². The average molecular weight is 590 g/mol. The van der Waals surface area contributed by atoms with Crippen LogP contribution in [0.1, 0.15) is 25.7 Å². The molecule has 6 nitrogen and oxygen atoms in total. The van der Waals surface area contributed by atoms with Gasteiger partial charge in [0.15, 0.2) is 9.84 Å². The van der Waals surface area contributed by atoms with E-state index >= 15 is 0 Å². The van der Waals surface area contributed by atoms with Crippen molar-refractivity contribution in [3.05, 3.63) is 78.4 Å². The Hall–Kier alpha value is -3.40. The number of aromatic hydroxyl groups is 1. The predicted octanol–water partition coefficient (Wildman–Crippen LogP) is 7.02. The van der Waals surface area contributed by atoms with E-state index in [-0.39, 0.29) is 23.7 Å². The van der Waals surface area contributed by atoms with Crippen LogP contribution in [-0.4, -0.2) is 39.0 Å². The first kappa shape index (κ1) is 29.6. The molecule has 40 heavy (non-hydrogen) atoms. The molecule has 5 rings (SSSR count). The summed E-state index contributed by atoms with van der Waals surface area (Å²) in [6.07, 6.45) is 5.29. The number of hydrogen-bond acceptors (Lipinski definition) is 6. The number of fused-ring (bicyclic) bond motifs is 1. The van der Waals surface area contributed by atoms with Gasteiger partial charge in [0.1, 0.15) is 39.5 Å². The standard InChI is InChI=1S/C30H29F2NO5S.ClH/c1-39(35,36)30-27(31)17-20(18-28(30)32)26-11-5-19-16-22(34)6-12-25(19)29(26)38-24-9-7-23(8-10-24)37-15-13-21-4-2-3-14-33-21;/h5-12,16-18,21,33-34H,2-4,13-15H2,1H3;1H. The van der Waals surface area contributed by atoms with Crippen molar-refractivity contribution < 1.29 is 31.8 Å². The number of benzene rings is 4. The van der Waals surface area contributed by atoms with Crippen LogP contribution in [0.2, 0.25) is 0 Å². The maximum Gasteiger partial charge on any atom is 0.181 e. The summed E-state index contributed by atoms with van der Waals surface area (Å²) in [6, 6.07) is 17.5. The Morgan fingerprint density at radius 3 is 2.30 bits per heavy atom. The van der Waals surface area contributed by atoms with Crippen molar-refractivity contribution in [2.24, 2.45) is 0 Å². The van der Waals surface area contributed by atoms with Gasteiger partial charge in [0.2, 0.25) is 0 Å². The fourth-order valence-corrected chi connectivity index (χ4v) is 5.73. The van der Waals surface area contributed by atoms with Gasteiger partial charge in [0, 0.05) is 23.2 Å². The first-order valence-electron chi connectivity index (χ1n) is 12.8.